The van der Waals surface area contributed by atoms with Crippen LogP contribution in [0.15, 0.2) is 12.7 Å². The Bertz CT molecular complexity index is 658. The van der Waals surface area contributed by atoms with Crippen LogP contribution in [0.25, 0.3) is 11.2 Å². The lowest BCUT2D eigenvalue weighted by atomic mass is 10.2. The van der Waals surface area contributed by atoms with E-state index in [0.29, 0.717) is 6.10 Å². The predicted octanol–water partition coefficient (Wildman–Crippen LogP) is 1.15. The molecule has 0 N–H and O–H groups in total. The zero-order valence-corrected chi connectivity index (χ0v) is 13.7. The second-order valence-electron chi connectivity index (χ2n) is 6.32. The molecule has 23 heavy (non-hydrogen) atoms. The van der Waals surface area contributed by atoms with Crippen LogP contribution in [-0.2, 0) is 11.3 Å². The van der Waals surface area contributed by atoms with Gasteiger partial charge in [-0.3, -0.25) is 0 Å². The molecule has 7 heteroatoms. The van der Waals surface area contributed by atoms with Crippen LogP contribution in [-0.4, -0.2) is 69.9 Å². The van der Waals surface area contributed by atoms with Crippen LogP contribution >= 0.6 is 0 Å². The Morgan fingerprint density at radius 1 is 1.17 bits per heavy atom. The minimum Gasteiger partial charge on any atom is -0.376 e. The van der Waals surface area contributed by atoms with Gasteiger partial charge in [-0.2, -0.15) is 0 Å². The van der Waals surface area contributed by atoms with Gasteiger partial charge in [-0.05, 0) is 19.4 Å². The zero-order valence-electron chi connectivity index (χ0n) is 13.7. The summed E-state index contributed by atoms with van der Waals surface area (Å²) in [6, 6.07) is 0. The van der Waals surface area contributed by atoms with Gasteiger partial charge in [0.25, 0.3) is 0 Å². The molecule has 4 rings (SSSR count). The van der Waals surface area contributed by atoms with Crippen molar-refractivity contribution < 1.29 is 4.74 Å². The number of nitrogens with zero attached hydrogens (tertiary/aromatic N) is 6. The van der Waals surface area contributed by atoms with Crippen LogP contribution in [0.4, 0.5) is 5.82 Å². The van der Waals surface area contributed by atoms with Gasteiger partial charge in [-0.15, -0.1) is 0 Å². The lowest BCUT2D eigenvalue weighted by Gasteiger charge is -2.34. The lowest BCUT2D eigenvalue weighted by Crippen LogP contribution is -2.46. The van der Waals surface area contributed by atoms with Gasteiger partial charge >= 0.3 is 0 Å². The van der Waals surface area contributed by atoms with Crippen LogP contribution in [0.1, 0.15) is 19.8 Å². The topological polar surface area (TPSA) is 59.3 Å². The molecule has 2 aromatic heterocycles. The first kappa shape index (κ1) is 14.8. The van der Waals surface area contributed by atoms with Crippen LogP contribution in [0, 0.1) is 0 Å². The zero-order chi connectivity index (χ0) is 15.6. The predicted molar refractivity (Wildman–Crippen MR) is 88.6 cm³/mol. The Labute approximate surface area is 136 Å². The molecule has 2 saturated heterocycles. The third-order valence-electron chi connectivity index (χ3n) is 4.93. The van der Waals surface area contributed by atoms with E-state index in [1.165, 1.54) is 0 Å². The third kappa shape index (κ3) is 2.90. The molecule has 2 fully saturated rings. The Morgan fingerprint density at radius 2 is 2.04 bits per heavy atom. The molecule has 1 atom stereocenters. The van der Waals surface area contributed by atoms with E-state index in [9.17, 15) is 0 Å². The molecule has 0 bridgehead atoms. The fourth-order valence-corrected chi connectivity index (χ4v) is 3.52. The largest absolute Gasteiger partial charge is 0.376 e. The van der Waals surface area contributed by atoms with E-state index in [2.05, 4.69) is 36.2 Å². The number of piperazine rings is 1. The molecule has 2 aromatic rings. The van der Waals surface area contributed by atoms with Crippen molar-refractivity contribution in [3.05, 3.63) is 12.7 Å². The minimum absolute atomic E-state index is 0.291. The van der Waals surface area contributed by atoms with E-state index in [0.717, 1.165) is 75.7 Å². The lowest BCUT2D eigenvalue weighted by molar-refractivity contribution is 0.0978. The Hall–Kier alpha value is -1.73. The van der Waals surface area contributed by atoms with Crippen LogP contribution < -0.4 is 4.90 Å². The second kappa shape index (κ2) is 6.41. The van der Waals surface area contributed by atoms with Crippen molar-refractivity contribution in [2.24, 2.45) is 0 Å². The number of hydrogen-bond donors (Lipinski definition) is 0. The Balaban J connectivity index is 1.57. The van der Waals surface area contributed by atoms with E-state index in [1.54, 1.807) is 6.33 Å². The summed E-state index contributed by atoms with van der Waals surface area (Å²) in [5, 5.41) is 0. The van der Waals surface area contributed by atoms with Crippen molar-refractivity contribution in [1.29, 1.82) is 0 Å². The average molecular weight is 316 g/mol. The fraction of sp³-hybridized carbons (Fsp3) is 0.688. The highest BCUT2D eigenvalue weighted by Gasteiger charge is 2.22. The third-order valence-corrected chi connectivity index (χ3v) is 4.93. The first-order valence-electron chi connectivity index (χ1n) is 8.60. The number of imidazole rings is 1. The summed E-state index contributed by atoms with van der Waals surface area (Å²) in [6.07, 6.45) is 6.11. The monoisotopic (exact) mass is 316 g/mol. The van der Waals surface area contributed by atoms with Gasteiger partial charge in [0.2, 0.25) is 0 Å². The van der Waals surface area contributed by atoms with Crippen molar-refractivity contribution in [2.45, 2.75) is 32.4 Å². The number of likely N-dealkylation sites (N-methyl/N-ethyl adjacent to an activating group) is 1. The highest BCUT2D eigenvalue weighted by molar-refractivity contribution is 5.83. The van der Waals surface area contributed by atoms with Gasteiger partial charge in [0, 0.05) is 32.8 Å². The van der Waals surface area contributed by atoms with Crippen LogP contribution in [0.5, 0.6) is 0 Å². The summed E-state index contributed by atoms with van der Waals surface area (Å²) in [7, 11) is 0. The Morgan fingerprint density at radius 3 is 2.78 bits per heavy atom. The maximum Gasteiger partial charge on any atom is 0.165 e. The quantitative estimate of drug-likeness (QED) is 0.843. The van der Waals surface area contributed by atoms with Crippen LogP contribution in [0.2, 0.25) is 0 Å². The van der Waals surface area contributed by atoms with Gasteiger partial charge in [0.1, 0.15) is 6.33 Å². The second-order valence-corrected chi connectivity index (χ2v) is 6.32. The Kier molecular flexibility index (Phi) is 4.13. The number of hydrogen-bond acceptors (Lipinski definition) is 6. The van der Waals surface area contributed by atoms with E-state index >= 15 is 0 Å². The van der Waals surface area contributed by atoms with Gasteiger partial charge in [0.15, 0.2) is 17.0 Å². The number of anilines is 1. The van der Waals surface area contributed by atoms with Gasteiger partial charge in [0.05, 0.1) is 19.0 Å². The normalized spacial score (nSPS) is 23.0. The molecule has 0 amide bonds. The summed E-state index contributed by atoms with van der Waals surface area (Å²) in [5.74, 6) is 0.969. The number of ether oxygens (including phenoxy) is 1. The highest BCUT2D eigenvalue weighted by atomic mass is 16.5. The molecule has 2 aliphatic heterocycles. The summed E-state index contributed by atoms with van der Waals surface area (Å²) in [6.45, 7) is 9.19. The molecule has 0 aromatic carbocycles. The van der Waals surface area contributed by atoms with Crippen LogP contribution in [0.3, 0.4) is 0 Å². The summed E-state index contributed by atoms with van der Waals surface area (Å²) < 4.78 is 7.85. The molecule has 2 aliphatic rings. The van der Waals surface area contributed by atoms with E-state index in [1.807, 2.05) is 6.33 Å². The molecular formula is C16H24N6O. The average Bonchev–Trinajstić information content (AvgIpc) is 3.25. The molecule has 0 aliphatic carbocycles. The smallest absolute Gasteiger partial charge is 0.165 e. The summed E-state index contributed by atoms with van der Waals surface area (Å²) in [5.41, 5.74) is 1.83. The SMILES string of the molecule is CCN1CCN(c2ncnc3c2ncn3CC2CCCO2)CC1. The van der Waals surface area contributed by atoms with Crippen molar-refractivity contribution >= 4 is 17.0 Å². The molecule has 0 spiro atoms. The van der Waals surface area contributed by atoms with Gasteiger partial charge in [-0.25, -0.2) is 15.0 Å². The van der Waals surface area contributed by atoms with Crippen molar-refractivity contribution in [3.63, 3.8) is 0 Å². The standard InChI is InChI=1S/C16H24N6O/c1-2-20-5-7-21(8-6-20)15-14-16(18-11-17-15)22(12-19-14)10-13-4-3-9-23-13/h11-13H,2-10H2,1H3. The number of fused-ring (bicyclic) bond motifs is 1. The molecule has 124 valence electrons. The summed E-state index contributed by atoms with van der Waals surface area (Å²) in [4.78, 5) is 18.4. The van der Waals surface area contributed by atoms with Gasteiger partial charge < -0.3 is 19.1 Å². The first-order valence-corrected chi connectivity index (χ1v) is 8.60. The highest BCUT2D eigenvalue weighted by Crippen LogP contribution is 2.24. The fourth-order valence-electron chi connectivity index (χ4n) is 3.52. The number of rotatable bonds is 4. The number of aromatic nitrogens is 4. The minimum atomic E-state index is 0.291. The molecule has 0 radical (unpaired) electrons. The maximum atomic E-state index is 5.74. The molecule has 7 nitrogen and oxygen atoms in total. The van der Waals surface area contributed by atoms with Crippen molar-refractivity contribution in [1.82, 2.24) is 24.4 Å². The molecular weight excluding hydrogens is 292 g/mol. The summed E-state index contributed by atoms with van der Waals surface area (Å²) >= 11 is 0. The van der Waals surface area contributed by atoms with E-state index < -0.39 is 0 Å². The molecule has 0 saturated carbocycles. The maximum absolute atomic E-state index is 5.74. The molecule has 4 heterocycles. The van der Waals surface area contributed by atoms with Gasteiger partial charge in [-0.1, -0.05) is 6.92 Å². The molecule has 1 unspecified atom stereocenters. The first-order chi connectivity index (χ1) is 11.3. The van der Waals surface area contributed by atoms with E-state index in [4.69, 9.17) is 4.74 Å². The van der Waals surface area contributed by atoms with E-state index in [-0.39, 0.29) is 0 Å². The van der Waals surface area contributed by atoms with Crippen molar-refractivity contribution in [2.75, 3.05) is 44.2 Å². The van der Waals surface area contributed by atoms with Crippen molar-refractivity contribution in [3.8, 4) is 0 Å².